The zero-order valence-corrected chi connectivity index (χ0v) is 12.4. The van der Waals surface area contributed by atoms with Crippen LogP contribution in [-0.2, 0) is 13.0 Å². The second kappa shape index (κ2) is 5.80. The number of benzene rings is 2. The molecule has 0 atom stereocenters. The first-order valence-electron chi connectivity index (χ1n) is 7.68. The molecule has 20 heavy (non-hydrogen) atoms. The molecule has 0 bridgehead atoms. The molecule has 2 aromatic rings. The molecule has 1 N–H and O–H groups in total. The first-order chi connectivity index (χ1) is 9.76. The molecule has 1 saturated carbocycles. The summed E-state index contributed by atoms with van der Waals surface area (Å²) in [5, 5.41) is 3.59. The summed E-state index contributed by atoms with van der Waals surface area (Å²) in [6, 6.07) is 16.5. The van der Waals surface area contributed by atoms with Gasteiger partial charge in [0.25, 0.3) is 0 Å². The summed E-state index contributed by atoms with van der Waals surface area (Å²) in [4.78, 5) is 0. The summed E-state index contributed by atoms with van der Waals surface area (Å²) in [5.41, 5.74) is 6.86. The molecule has 1 aliphatic carbocycles. The Morgan fingerprint density at radius 1 is 1.05 bits per heavy atom. The monoisotopic (exact) mass is 265 g/mol. The molecule has 0 radical (unpaired) electrons. The van der Waals surface area contributed by atoms with Crippen molar-refractivity contribution in [2.24, 2.45) is 0 Å². The third kappa shape index (κ3) is 3.10. The first kappa shape index (κ1) is 13.4. The van der Waals surface area contributed by atoms with Gasteiger partial charge in [0, 0.05) is 12.6 Å². The van der Waals surface area contributed by atoms with Crippen LogP contribution in [0.1, 0.15) is 36.5 Å². The normalized spacial score (nSPS) is 14.5. The van der Waals surface area contributed by atoms with E-state index in [9.17, 15) is 0 Å². The Balaban J connectivity index is 1.87. The third-order valence-corrected chi connectivity index (χ3v) is 4.12. The lowest BCUT2D eigenvalue weighted by molar-refractivity contribution is 0.688. The van der Waals surface area contributed by atoms with Crippen molar-refractivity contribution in [1.29, 1.82) is 0 Å². The van der Waals surface area contributed by atoms with Gasteiger partial charge in [-0.05, 0) is 60.1 Å². The minimum Gasteiger partial charge on any atom is -0.310 e. The topological polar surface area (TPSA) is 12.0 Å². The summed E-state index contributed by atoms with van der Waals surface area (Å²) in [5.74, 6) is 0. The van der Waals surface area contributed by atoms with Gasteiger partial charge in [-0.1, -0.05) is 43.3 Å². The van der Waals surface area contributed by atoms with Crippen molar-refractivity contribution in [3.8, 4) is 11.1 Å². The Bertz CT molecular complexity index is 596. The molecule has 2 aromatic carbocycles. The Morgan fingerprint density at radius 3 is 2.65 bits per heavy atom. The Labute approximate surface area is 122 Å². The van der Waals surface area contributed by atoms with Gasteiger partial charge in [0.2, 0.25) is 0 Å². The van der Waals surface area contributed by atoms with E-state index in [-0.39, 0.29) is 0 Å². The number of aryl methyl sites for hydroxylation is 2. The lowest BCUT2D eigenvalue weighted by Gasteiger charge is -2.11. The molecular formula is C19H23N. The van der Waals surface area contributed by atoms with Crippen LogP contribution < -0.4 is 5.32 Å². The van der Waals surface area contributed by atoms with Crippen molar-refractivity contribution in [3.63, 3.8) is 0 Å². The highest BCUT2D eigenvalue weighted by Crippen LogP contribution is 2.26. The maximum atomic E-state index is 3.59. The fourth-order valence-electron chi connectivity index (χ4n) is 2.60. The predicted octanol–water partition coefficient (Wildman–Crippen LogP) is 4.48. The van der Waals surface area contributed by atoms with Gasteiger partial charge >= 0.3 is 0 Å². The van der Waals surface area contributed by atoms with E-state index in [0.717, 1.165) is 19.0 Å². The molecule has 104 valence electrons. The van der Waals surface area contributed by atoms with Crippen molar-refractivity contribution in [2.75, 3.05) is 0 Å². The molecular weight excluding hydrogens is 242 g/mol. The quantitative estimate of drug-likeness (QED) is 0.840. The van der Waals surface area contributed by atoms with Gasteiger partial charge in [-0.2, -0.15) is 0 Å². The van der Waals surface area contributed by atoms with Crippen LogP contribution in [0.3, 0.4) is 0 Å². The maximum absolute atomic E-state index is 3.59. The zero-order chi connectivity index (χ0) is 13.9. The molecule has 0 aromatic heterocycles. The smallest absolute Gasteiger partial charge is 0.0208 e. The third-order valence-electron chi connectivity index (χ3n) is 4.12. The van der Waals surface area contributed by atoms with Crippen LogP contribution in [0, 0.1) is 6.92 Å². The molecule has 0 unspecified atom stereocenters. The van der Waals surface area contributed by atoms with Gasteiger partial charge in [-0.15, -0.1) is 0 Å². The SMILES string of the molecule is CCc1cccc(-c2cc(CNC3CC3)ccc2C)c1. The molecule has 1 nitrogen and oxygen atoms in total. The zero-order valence-electron chi connectivity index (χ0n) is 12.4. The number of hydrogen-bond donors (Lipinski definition) is 1. The van der Waals surface area contributed by atoms with Crippen LogP contribution in [-0.4, -0.2) is 6.04 Å². The largest absolute Gasteiger partial charge is 0.310 e. The van der Waals surface area contributed by atoms with Gasteiger partial charge in [0.1, 0.15) is 0 Å². The average Bonchev–Trinajstić information content (AvgIpc) is 3.31. The van der Waals surface area contributed by atoms with E-state index in [1.807, 2.05) is 0 Å². The molecule has 0 saturated heterocycles. The van der Waals surface area contributed by atoms with Crippen LogP contribution in [0.5, 0.6) is 0 Å². The van der Waals surface area contributed by atoms with E-state index in [1.54, 1.807) is 0 Å². The van der Waals surface area contributed by atoms with Gasteiger partial charge in [-0.25, -0.2) is 0 Å². The van der Waals surface area contributed by atoms with Gasteiger partial charge in [-0.3, -0.25) is 0 Å². The van der Waals surface area contributed by atoms with Crippen molar-refractivity contribution >= 4 is 0 Å². The first-order valence-corrected chi connectivity index (χ1v) is 7.68. The molecule has 3 rings (SSSR count). The Kier molecular flexibility index (Phi) is 3.88. The van der Waals surface area contributed by atoms with E-state index in [0.29, 0.717) is 0 Å². The average molecular weight is 265 g/mol. The minimum absolute atomic E-state index is 0.767. The molecule has 0 spiro atoms. The van der Waals surface area contributed by atoms with Crippen molar-refractivity contribution in [3.05, 3.63) is 59.2 Å². The molecule has 0 aliphatic heterocycles. The second-order valence-corrected chi connectivity index (χ2v) is 5.86. The maximum Gasteiger partial charge on any atom is 0.0208 e. The summed E-state index contributed by atoms with van der Waals surface area (Å²) >= 11 is 0. The summed E-state index contributed by atoms with van der Waals surface area (Å²) in [7, 11) is 0. The summed E-state index contributed by atoms with van der Waals surface area (Å²) in [6.45, 7) is 5.40. The van der Waals surface area contributed by atoms with Crippen LogP contribution in [0.25, 0.3) is 11.1 Å². The van der Waals surface area contributed by atoms with Crippen LogP contribution in [0.4, 0.5) is 0 Å². The van der Waals surface area contributed by atoms with Gasteiger partial charge in [0.15, 0.2) is 0 Å². The second-order valence-electron chi connectivity index (χ2n) is 5.86. The van der Waals surface area contributed by atoms with E-state index in [1.165, 1.54) is 40.7 Å². The van der Waals surface area contributed by atoms with Crippen LogP contribution >= 0.6 is 0 Å². The Hall–Kier alpha value is -1.60. The van der Waals surface area contributed by atoms with E-state index in [2.05, 4.69) is 61.6 Å². The molecule has 0 amide bonds. The van der Waals surface area contributed by atoms with Crippen LogP contribution in [0.2, 0.25) is 0 Å². The lowest BCUT2D eigenvalue weighted by atomic mass is 9.96. The fourth-order valence-corrected chi connectivity index (χ4v) is 2.60. The lowest BCUT2D eigenvalue weighted by Crippen LogP contribution is -2.15. The van der Waals surface area contributed by atoms with Crippen molar-refractivity contribution in [1.82, 2.24) is 5.32 Å². The summed E-state index contributed by atoms with van der Waals surface area (Å²) in [6.07, 6.45) is 3.78. The Morgan fingerprint density at radius 2 is 1.90 bits per heavy atom. The molecule has 1 fully saturated rings. The van der Waals surface area contributed by atoms with E-state index < -0.39 is 0 Å². The van der Waals surface area contributed by atoms with Gasteiger partial charge < -0.3 is 5.32 Å². The molecule has 0 heterocycles. The standard InChI is InChI=1S/C19H23N/c1-3-15-5-4-6-17(11-15)19-12-16(8-7-14(19)2)13-20-18-9-10-18/h4-8,11-12,18,20H,3,9-10,13H2,1-2H3. The number of hydrogen-bond acceptors (Lipinski definition) is 1. The molecule has 1 heteroatoms. The number of nitrogens with one attached hydrogen (secondary N) is 1. The van der Waals surface area contributed by atoms with E-state index >= 15 is 0 Å². The summed E-state index contributed by atoms with van der Waals surface area (Å²) < 4.78 is 0. The highest BCUT2D eigenvalue weighted by molar-refractivity contribution is 5.68. The van der Waals surface area contributed by atoms with Gasteiger partial charge in [0.05, 0.1) is 0 Å². The fraction of sp³-hybridized carbons (Fsp3) is 0.368. The highest BCUT2D eigenvalue weighted by Gasteiger charge is 2.19. The van der Waals surface area contributed by atoms with Crippen LogP contribution in [0.15, 0.2) is 42.5 Å². The number of rotatable bonds is 5. The van der Waals surface area contributed by atoms with E-state index in [4.69, 9.17) is 0 Å². The van der Waals surface area contributed by atoms with Crippen molar-refractivity contribution in [2.45, 2.75) is 45.7 Å². The highest BCUT2D eigenvalue weighted by atomic mass is 14.9. The van der Waals surface area contributed by atoms with Crippen molar-refractivity contribution < 1.29 is 0 Å². The molecule has 1 aliphatic rings. The predicted molar refractivity (Wildman–Crippen MR) is 85.9 cm³/mol. The minimum atomic E-state index is 0.767.